The molecule has 0 aliphatic carbocycles. The van der Waals surface area contributed by atoms with Gasteiger partial charge in [0.15, 0.2) is 11.6 Å². The SMILES string of the molecule is CCCc1noc(CCCC(=O)Nc2cc(-c3nnc4n3CCCCC4)ccc2F)n1. The number of amides is 1. The van der Waals surface area contributed by atoms with Crippen LogP contribution in [0.3, 0.4) is 0 Å². The zero-order chi connectivity index (χ0) is 21.6. The lowest BCUT2D eigenvalue weighted by Gasteiger charge is -2.10. The number of aryl methyl sites for hydroxylation is 3. The summed E-state index contributed by atoms with van der Waals surface area (Å²) in [6, 6.07) is 4.66. The Bertz CT molecular complexity index is 1040. The molecule has 1 amide bonds. The fraction of sp³-hybridized carbons (Fsp3) is 0.500. The molecule has 0 unspecified atom stereocenters. The fourth-order valence-corrected chi connectivity index (χ4v) is 3.79. The van der Waals surface area contributed by atoms with Crippen LogP contribution in [0.5, 0.6) is 0 Å². The van der Waals surface area contributed by atoms with Gasteiger partial charge in [0, 0.05) is 37.8 Å². The molecule has 0 saturated heterocycles. The zero-order valence-corrected chi connectivity index (χ0v) is 17.7. The third-order valence-electron chi connectivity index (χ3n) is 5.39. The van der Waals surface area contributed by atoms with E-state index in [9.17, 15) is 9.18 Å². The van der Waals surface area contributed by atoms with Gasteiger partial charge >= 0.3 is 0 Å². The Balaban J connectivity index is 1.38. The van der Waals surface area contributed by atoms with Crippen molar-refractivity contribution in [3.05, 3.63) is 41.6 Å². The van der Waals surface area contributed by atoms with Gasteiger partial charge in [0.05, 0.1) is 5.69 Å². The van der Waals surface area contributed by atoms with E-state index >= 15 is 0 Å². The molecule has 164 valence electrons. The van der Waals surface area contributed by atoms with Crippen molar-refractivity contribution in [2.75, 3.05) is 5.32 Å². The van der Waals surface area contributed by atoms with Crippen molar-refractivity contribution in [2.24, 2.45) is 0 Å². The van der Waals surface area contributed by atoms with Gasteiger partial charge in [-0.3, -0.25) is 4.79 Å². The molecule has 0 atom stereocenters. The lowest BCUT2D eigenvalue weighted by Crippen LogP contribution is -2.13. The summed E-state index contributed by atoms with van der Waals surface area (Å²) in [4.78, 5) is 16.7. The summed E-state index contributed by atoms with van der Waals surface area (Å²) in [5, 5.41) is 15.2. The van der Waals surface area contributed by atoms with E-state index in [0.29, 0.717) is 30.4 Å². The monoisotopic (exact) mass is 426 g/mol. The molecule has 0 radical (unpaired) electrons. The van der Waals surface area contributed by atoms with Crippen molar-refractivity contribution in [3.63, 3.8) is 0 Å². The topological polar surface area (TPSA) is 98.7 Å². The number of carbonyl (C=O) groups excluding carboxylic acids is 1. The number of benzene rings is 1. The van der Waals surface area contributed by atoms with E-state index in [0.717, 1.165) is 56.5 Å². The van der Waals surface area contributed by atoms with E-state index in [-0.39, 0.29) is 18.0 Å². The second-order valence-electron chi connectivity index (χ2n) is 7.85. The predicted octanol–water partition coefficient (Wildman–Crippen LogP) is 4.11. The normalized spacial score (nSPS) is 13.6. The highest BCUT2D eigenvalue weighted by Gasteiger charge is 2.18. The first-order valence-electron chi connectivity index (χ1n) is 11.0. The lowest BCUT2D eigenvalue weighted by atomic mass is 10.1. The summed E-state index contributed by atoms with van der Waals surface area (Å²) in [5.41, 5.74) is 0.892. The van der Waals surface area contributed by atoms with Gasteiger partial charge in [-0.05, 0) is 43.9 Å². The quantitative estimate of drug-likeness (QED) is 0.582. The molecule has 0 spiro atoms. The largest absolute Gasteiger partial charge is 0.339 e. The molecule has 0 saturated carbocycles. The predicted molar refractivity (Wildman–Crippen MR) is 113 cm³/mol. The Hall–Kier alpha value is -3.10. The van der Waals surface area contributed by atoms with Gasteiger partial charge in [-0.1, -0.05) is 18.5 Å². The second kappa shape index (κ2) is 9.80. The maximum Gasteiger partial charge on any atom is 0.226 e. The third kappa shape index (κ3) is 5.15. The van der Waals surface area contributed by atoms with Crippen LogP contribution in [0.1, 0.15) is 63.0 Å². The lowest BCUT2D eigenvalue weighted by molar-refractivity contribution is -0.116. The molecule has 31 heavy (non-hydrogen) atoms. The van der Waals surface area contributed by atoms with Gasteiger partial charge in [-0.25, -0.2) is 4.39 Å². The maximum atomic E-state index is 14.3. The molecular formula is C22H27FN6O2. The molecule has 1 aromatic carbocycles. The van der Waals surface area contributed by atoms with Crippen LogP contribution in [-0.4, -0.2) is 30.8 Å². The molecular weight excluding hydrogens is 399 g/mol. The van der Waals surface area contributed by atoms with Crippen molar-refractivity contribution in [1.82, 2.24) is 24.9 Å². The van der Waals surface area contributed by atoms with Crippen molar-refractivity contribution in [1.29, 1.82) is 0 Å². The van der Waals surface area contributed by atoms with Crippen LogP contribution in [0.2, 0.25) is 0 Å². The van der Waals surface area contributed by atoms with Crippen LogP contribution in [0.15, 0.2) is 22.7 Å². The number of rotatable bonds is 8. The van der Waals surface area contributed by atoms with Crippen molar-refractivity contribution < 1.29 is 13.7 Å². The summed E-state index contributed by atoms with van der Waals surface area (Å²) in [7, 11) is 0. The minimum Gasteiger partial charge on any atom is -0.339 e. The Labute approximate surface area is 180 Å². The molecule has 0 fully saturated rings. The van der Waals surface area contributed by atoms with Gasteiger partial charge in [0.1, 0.15) is 11.6 Å². The van der Waals surface area contributed by atoms with Gasteiger partial charge in [0.2, 0.25) is 11.8 Å². The van der Waals surface area contributed by atoms with E-state index in [1.807, 2.05) is 6.92 Å². The highest BCUT2D eigenvalue weighted by atomic mass is 19.1. The zero-order valence-electron chi connectivity index (χ0n) is 17.7. The molecule has 4 rings (SSSR count). The Morgan fingerprint density at radius 3 is 3.00 bits per heavy atom. The van der Waals surface area contributed by atoms with Crippen LogP contribution in [0, 0.1) is 5.82 Å². The van der Waals surface area contributed by atoms with Crippen LogP contribution >= 0.6 is 0 Å². The molecule has 3 heterocycles. The second-order valence-corrected chi connectivity index (χ2v) is 7.85. The van der Waals surface area contributed by atoms with Crippen LogP contribution in [-0.2, 0) is 30.6 Å². The number of hydrogen-bond acceptors (Lipinski definition) is 6. The summed E-state index contributed by atoms with van der Waals surface area (Å²) in [5.74, 6) is 2.15. The van der Waals surface area contributed by atoms with E-state index in [1.165, 1.54) is 6.07 Å². The van der Waals surface area contributed by atoms with Crippen LogP contribution < -0.4 is 5.32 Å². The molecule has 8 nitrogen and oxygen atoms in total. The number of anilines is 1. The van der Waals surface area contributed by atoms with E-state index in [1.54, 1.807) is 12.1 Å². The molecule has 1 N–H and O–H groups in total. The first kappa shape index (κ1) is 21.1. The van der Waals surface area contributed by atoms with Crippen LogP contribution in [0.25, 0.3) is 11.4 Å². The maximum absolute atomic E-state index is 14.3. The van der Waals surface area contributed by atoms with E-state index < -0.39 is 5.82 Å². The number of nitrogens with zero attached hydrogens (tertiary/aromatic N) is 5. The molecule has 1 aliphatic rings. The average molecular weight is 426 g/mol. The number of nitrogens with one attached hydrogen (secondary N) is 1. The highest BCUT2D eigenvalue weighted by molar-refractivity contribution is 5.91. The standard InChI is InChI=1S/C22H27FN6O2/c1-2-7-18-25-21(31-28-18)10-6-9-20(30)24-17-14-15(11-12-16(17)23)22-27-26-19-8-4-3-5-13-29(19)22/h11-12,14H,2-10,13H2,1H3,(H,24,30). The first-order chi connectivity index (χ1) is 15.1. The first-order valence-corrected chi connectivity index (χ1v) is 11.0. The molecule has 0 bridgehead atoms. The molecule has 1 aliphatic heterocycles. The van der Waals surface area contributed by atoms with Crippen LogP contribution in [0.4, 0.5) is 10.1 Å². The van der Waals surface area contributed by atoms with Gasteiger partial charge < -0.3 is 14.4 Å². The minimum absolute atomic E-state index is 0.150. The Morgan fingerprint density at radius 2 is 2.13 bits per heavy atom. The average Bonchev–Trinajstić information content (AvgIpc) is 3.30. The van der Waals surface area contributed by atoms with Crippen molar-refractivity contribution in [3.8, 4) is 11.4 Å². The van der Waals surface area contributed by atoms with E-state index in [2.05, 4.69) is 30.2 Å². The summed E-state index contributed by atoms with van der Waals surface area (Å²) >= 11 is 0. The molecule has 9 heteroatoms. The molecule has 3 aromatic rings. The number of halogens is 1. The summed E-state index contributed by atoms with van der Waals surface area (Å²) in [6.07, 6.45) is 7.25. The molecule has 2 aromatic heterocycles. The number of hydrogen-bond donors (Lipinski definition) is 1. The number of aromatic nitrogens is 5. The van der Waals surface area contributed by atoms with Crippen molar-refractivity contribution in [2.45, 2.75) is 71.3 Å². The summed E-state index contributed by atoms with van der Waals surface area (Å²) in [6.45, 7) is 2.90. The van der Waals surface area contributed by atoms with E-state index in [4.69, 9.17) is 4.52 Å². The van der Waals surface area contributed by atoms with Gasteiger partial charge in [0.25, 0.3) is 0 Å². The van der Waals surface area contributed by atoms with Gasteiger partial charge in [-0.2, -0.15) is 4.98 Å². The minimum atomic E-state index is -0.478. The van der Waals surface area contributed by atoms with Gasteiger partial charge in [-0.15, -0.1) is 10.2 Å². The number of fused-ring (bicyclic) bond motifs is 1. The van der Waals surface area contributed by atoms with Crippen molar-refractivity contribution >= 4 is 11.6 Å². The third-order valence-corrected chi connectivity index (χ3v) is 5.39. The number of carbonyl (C=O) groups is 1. The summed E-state index contributed by atoms with van der Waals surface area (Å²) < 4.78 is 21.6. The highest BCUT2D eigenvalue weighted by Crippen LogP contribution is 2.26. The Kier molecular flexibility index (Phi) is 6.69. The fourth-order valence-electron chi connectivity index (χ4n) is 3.79. The smallest absolute Gasteiger partial charge is 0.226 e. The Morgan fingerprint density at radius 1 is 1.23 bits per heavy atom.